The van der Waals surface area contributed by atoms with Gasteiger partial charge in [-0.25, -0.2) is 9.50 Å². The average molecular weight is 484 g/mol. The van der Waals surface area contributed by atoms with Gasteiger partial charge in [0.05, 0.1) is 47.2 Å². The quantitative estimate of drug-likeness (QED) is 0.415. The lowest BCUT2D eigenvalue weighted by Crippen LogP contribution is -2.43. The van der Waals surface area contributed by atoms with Crippen LogP contribution in [0, 0.1) is 6.92 Å². The Morgan fingerprint density at radius 3 is 2.64 bits per heavy atom. The van der Waals surface area contributed by atoms with Crippen molar-refractivity contribution in [2.75, 3.05) is 18.0 Å². The van der Waals surface area contributed by atoms with E-state index in [1.165, 1.54) is 0 Å². The number of aliphatic imine (C=N–C) groups is 1. The Hall–Kier alpha value is -4.05. The molecule has 6 rings (SSSR count). The molecule has 0 saturated carbocycles. The minimum atomic E-state index is 0.240. The summed E-state index contributed by atoms with van der Waals surface area (Å²) < 4.78 is 7.92. The summed E-state index contributed by atoms with van der Waals surface area (Å²) in [4.78, 5) is 16.4. The van der Waals surface area contributed by atoms with Gasteiger partial charge in [-0.1, -0.05) is 0 Å². The van der Waals surface area contributed by atoms with Crippen molar-refractivity contribution in [2.24, 2.45) is 10.7 Å². The lowest BCUT2D eigenvalue weighted by molar-refractivity contribution is 0.0302. The zero-order valence-electron chi connectivity index (χ0n) is 20.6. The van der Waals surface area contributed by atoms with Gasteiger partial charge in [0.15, 0.2) is 5.65 Å². The van der Waals surface area contributed by atoms with E-state index in [0.717, 1.165) is 77.0 Å². The maximum atomic E-state index is 6.49. The SMILES string of the molecule is CC(=Nc1cccnc1)/C(=C(/C)N)c1cc(N2CC3CCC(C2)O3)nc2c(-c3cc(C)[nH]n3)cnn12. The second-order valence-corrected chi connectivity index (χ2v) is 9.56. The molecule has 4 aromatic rings. The average Bonchev–Trinajstić information content (AvgIpc) is 3.57. The summed E-state index contributed by atoms with van der Waals surface area (Å²) in [5.41, 5.74) is 13.7. The van der Waals surface area contributed by atoms with Crippen LogP contribution in [0.2, 0.25) is 0 Å². The number of nitrogens with one attached hydrogen (secondary N) is 1. The van der Waals surface area contributed by atoms with E-state index in [1.54, 1.807) is 12.4 Å². The van der Waals surface area contributed by atoms with E-state index in [9.17, 15) is 0 Å². The summed E-state index contributed by atoms with van der Waals surface area (Å²) in [5.74, 6) is 0.875. The Balaban J connectivity index is 1.54. The zero-order valence-corrected chi connectivity index (χ0v) is 20.6. The smallest absolute Gasteiger partial charge is 0.167 e. The lowest BCUT2D eigenvalue weighted by atomic mass is 10.0. The third-order valence-corrected chi connectivity index (χ3v) is 6.76. The molecule has 10 nitrogen and oxygen atoms in total. The fraction of sp³-hybridized carbons (Fsp3) is 0.346. The molecule has 0 aromatic carbocycles. The summed E-state index contributed by atoms with van der Waals surface area (Å²) in [7, 11) is 0. The van der Waals surface area contributed by atoms with Crippen molar-refractivity contribution in [3.05, 3.63) is 59.9 Å². The van der Waals surface area contributed by atoms with Crippen molar-refractivity contribution in [3.8, 4) is 11.3 Å². The van der Waals surface area contributed by atoms with Crippen LogP contribution in [0.5, 0.6) is 0 Å². The maximum absolute atomic E-state index is 6.49. The van der Waals surface area contributed by atoms with Gasteiger partial charge in [0.25, 0.3) is 0 Å². The fourth-order valence-corrected chi connectivity index (χ4v) is 5.17. The standard InChI is InChI=1S/C26H29N9O/c1-15-9-22(33-32-15)21-12-29-35-23(25(16(2)27)17(3)30-18-5-4-8-28-11-18)10-24(31-26(21)35)34-13-19-6-7-20(14-34)36-19/h4-5,8-12,19-20H,6-7,13-14,27H2,1-3H3,(H,32,33)/b25-16+,30-17?. The number of fused-ring (bicyclic) bond motifs is 3. The number of anilines is 1. The van der Waals surface area contributed by atoms with E-state index < -0.39 is 0 Å². The molecule has 2 bridgehead atoms. The summed E-state index contributed by atoms with van der Waals surface area (Å²) in [6.45, 7) is 7.45. The summed E-state index contributed by atoms with van der Waals surface area (Å²) in [6, 6.07) is 7.85. The Kier molecular flexibility index (Phi) is 5.52. The molecule has 2 aliphatic heterocycles. The molecule has 0 amide bonds. The highest BCUT2D eigenvalue weighted by Crippen LogP contribution is 2.33. The number of pyridine rings is 1. The number of aryl methyl sites for hydroxylation is 1. The molecule has 2 atom stereocenters. The van der Waals surface area contributed by atoms with Crippen LogP contribution in [0.3, 0.4) is 0 Å². The number of aromatic nitrogens is 6. The fourth-order valence-electron chi connectivity index (χ4n) is 5.17. The zero-order chi connectivity index (χ0) is 24.8. The highest BCUT2D eigenvalue weighted by molar-refractivity contribution is 6.24. The van der Waals surface area contributed by atoms with Crippen molar-refractivity contribution >= 4 is 28.4 Å². The number of aromatic amines is 1. The van der Waals surface area contributed by atoms with Crippen LogP contribution in [0.25, 0.3) is 22.5 Å². The highest BCUT2D eigenvalue weighted by Gasteiger charge is 2.35. The summed E-state index contributed by atoms with van der Waals surface area (Å²) >= 11 is 0. The molecule has 2 aliphatic rings. The Bertz CT molecular complexity index is 1470. The van der Waals surface area contributed by atoms with Crippen molar-refractivity contribution in [1.29, 1.82) is 0 Å². The topological polar surface area (TPSA) is 123 Å². The summed E-state index contributed by atoms with van der Waals surface area (Å²) in [6.07, 6.45) is 7.93. The molecule has 36 heavy (non-hydrogen) atoms. The number of H-pyrrole nitrogens is 1. The first kappa shape index (κ1) is 22.4. The molecule has 0 radical (unpaired) electrons. The Labute approximate surface area is 208 Å². The van der Waals surface area contributed by atoms with Crippen molar-refractivity contribution < 1.29 is 4.74 Å². The molecular formula is C26H29N9O. The monoisotopic (exact) mass is 483 g/mol. The molecule has 0 spiro atoms. The molecule has 0 aliphatic carbocycles. The van der Waals surface area contributed by atoms with Crippen LogP contribution in [0.4, 0.5) is 11.5 Å². The molecular weight excluding hydrogens is 454 g/mol. The van der Waals surface area contributed by atoms with E-state index in [1.807, 2.05) is 49.7 Å². The molecule has 2 saturated heterocycles. The number of nitrogens with zero attached hydrogens (tertiary/aromatic N) is 7. The number of nitrogens with two attached hydrogens (primary N) is 1. The van der Waals surface area contributed by atoms with Gasteiger partial charge >= 0.3 is 0 Å². The van der Waals surface area contributed by atoms with Gasteiger partial charge in [-0.15, -0.1) is 0 Å². The van der Waals surface area contributed by atoms with E-state index in [2.05, 4.69) is 26.1 Å². The van der Waals surface area contributed by atoms with Crippen molar-refractivity contribution in [3.63, 3.8) is 0 Å². The molecule has 10 heteroatoms. The minimum Gasteiger partial charge on any atom is -0.402 e. The number of allylic oxidation sites excluding steroid dienone is 2. The second-order valence-electron chi connectivity index (χ2n) is 9.56. The summed E-state index contributed by atoms with van der Waals surface area (Å²) in [5, 5.41) is 12.2. The van der Waals surface area contributed by atoms with Crippen molar-refractivity contribution in [2.45, 2.75) is 45.8 Å². The van der Waals surface area contributed by atoms with E-state index >= 15 is 0 Å². The number of morpholine rings is 1. The molecule has 4 aromatic heterocycles. The lowest BCUT2D eigenvalue weighted by Gasteiger charge is -2.33. The van der Waals surface area contributed by atoms with Gasteiger partial charge < -0.3 is 15.4 Å². The van der Waals surface area contributed by atoms with Crippen LogP contribution >= 0.6 is 0 Å². The molecule has 184 valence electrons. The van der Waals surface area contributed by atoms with Crippen LogP contribution in [-0.2, 0) is 4.74 Å². The van der Waals surface area contributed by atoms with Crippen LogP contribution in [0.15, 0.2) is 53.5 Å². The largest absolute Gasteiger partial charge is 0.402 e. The molecule has 2 fully saturated rings. The number of ether oxygens (including phenoxy) is 1. The molecule has 6 heterocycles. The maximum Gasteiger partial charge on any atom is 0.167 e. The van der Waals surface area contributed by atoms with E-state index in [0.29, 0.717) is 5.70 Å². The first-order valence-electron chi connectivity index (χ1n) is 12.2. The second kappa shape index (κ2) is 8.87. The van der Waals surface area contributed by atoms with Gasteiger partial charge in [-0.05, 0) is 51.8 Å². The predicted molar refractivity (Wildman–Crippen MR) is 139 cm³/mol. The third-order valence-electron chi connectivity index (χ3n) is 6.76. The van der Waals surface area contributed by atoms with Gasteiger partial charge in [-0.3, -0.25) is 15.1 Å². The van der Waals surface area contributed by atoms with Gasteiger partial charge in [0.1, 0.15) is 5.82 Å². The number of rotatable bonds is 5. The number of hydrogen-bond donors (Lipinski definition) is 2. The van der Waals surface area contributed by atoms with E-state index in [4.69, 9.17) is 25.5 Å². The number of hydrogen-bond acceptors (Lipinski definition) is 8. The normalized spacial score (nSPS) is 20.8. The minimum absolute atomic E-state index is 0.240. The van der Waals surface area contributed by atoms with Crippen LogP contribution in [-0.4, -0.2) is 60.8 Å². The third kappa shape index (κ3) is 4.03. The predicted octanol–water partition coefficient (Wildman–Crippen LogP) is 3.67. The van der Waals surface area contributed by atoms with E-state index in [-0.39, 0.29) is 12.2 Å². The first-order chi connectivity index (χ1) is 17.5. The molecule has 3 N–H and O–H groups in total. The van der Waals surface area contributed by atoms with Crippen molar-refractivity contribution in [1.82, 2.24) is 29.8 Å². The molecule has 2 unspecified atom stereocenters. The van der Waals surface area contributed by atoms with Gasteiger partial charge in [0.2, 0.25) is 0 Å². The van der Waals surface area contributed by atoms with Gasteiger partial charge in [-0.2, -0.15) is 10.2 Å². The Morgan fingerprint density at radius 1 is 1.17 bits per heavy atom. The van der Waals surface area contributed by atoms with Gasteiger partial charge in [0, 0.05) is 48.0 Å². The first-order valence-corrected chi connectivity index (χ1v) is 12.2. The highest BCUT2D eigenvalue weighted by atomic mass is 16.5. The van der Waals surface area contributed by atoms with Crippen LogP contribution < -0.4 is 10.6 Å². The Morgan fingerprint density at radius 2 is 1.97 bits per heavy atom. The van der Waals surface area contributed by atoms with Crippen LogP contribution in [0.1, 0.15) is 38.1 Å².